The summed E-state index contributed by atoms with van der Waals surface area (Å²) in [6.45, 7) is 0.413. The fraction of sp³-hybridized carbons (Fsp3) is 0.615. The number of esters is 1. The summed E-state index contributed by atoms with van der Waals surface area (Å²) in [7, 11) is 0. The summed E-state index contributed by atoms with van der Waals surface area (Å²) in [6, 6.07) is 0. The molecule has 0 saturated heterocycles. The summed E-state index contributed by atoms with van der Waals surface area (Å²) in [5.74, 6) is -0.121. The summed E-state index contributed by atoms with van der Waals surface area (Å²) in [6.07, 6.45) is 14.0. The Hall–Kier alpha value is -0.700. The van der Waals surface area contributed by atoms with Crippen LogP contribution in [0.1, 0.15) is 38.5 Å². The van der Waals surface area contributed by atoms with Crippen LogP contribution in [0.5, 0.6) is 0 Å². The van der Waals surface area contributed by atoms with Crippen molar-refractivity contribution in [3.8, 4) is 0 Å². The van der Waals surface area contributed by atoms with Crippen LogP contribution >= 0.6 is 12.6 Å². The molecule has 1 aliphatic heterocycles. The van der Waals surface area contributed by atoms with E-state index in [2.05, 4.69) is 36.9 Å². The number of ether oxygens (including phenoxy) is 1. The normalized spacial score (nSPS) is 24.8. The summed E-state index contributed by atoms with van der Waals surface area (Å²) in [5.41, 5.74) is 0. The number of allylic oxidation sites excluding steroid dienone is 4. The zero-order chi connectivity index (χ0) is 11.6. The van der Waals surface area contributed by atoms with Crippen LogP contribution in [0.25, 0.3) is 0 Å². The number of carbonyl (C=O) groups excluding carboxylic acids is 1. The fourth-order valence-corrected chi connectivity index (χ4v) is 1.69. The Morgan fingerprint density at radius 2 is 1.81 bits per heavy atom. The third kappa shape index (κ3) is 6.72. The second-order valence-corrected chi connectivity index (χ2v) is 4.72. The highest BCUT2D eigenvalue weighted by molar-refractivity contribution is 7.81. The maximum absolute atomic E-state index is 11.3. The van der Waals surface area contributed by atoms with Gasteiger partial charge in [-0.25, -0.2) is 0 Å². The van der Waals surface area contributed by atoms with Gasteiger partial charge in [0.15, 0.2) is 0 Å². The smallest absolute Gasteiger partial charge is 0.306 e. The Labute approximate surface area is 103 Å². The van der Waals surface area contributed by atoms with E-state index in [0.717, 1.165) is 25.7 Å². The van der Waals surface area contributed by atoms with Gasteiger partial charge in [0, 0.05) is 11.7 Å². The zero-order valence-corrected chi connectivity index (χ0v) is 10.5. The van der Waals surface area contributed by atoms with Crippen LogP contribution in [0.4, 0.5) is 0 Å². The minimum Gasteiger partial charge on any atom is -0.464 e. The van der Waals surface area contributed by atoms with Crippen molar-refractivity contribution in [1.29, 1.82) is 0 Å². The SMILES string of the molecule is O=C1CCC=CCCCC=CCC(S)CO1. The van der Waals surface area contributed by atoms with E-state index in [9.17, 15) is 4.79 Å². The van der Waals surface area contributed by atoms with Crippen LogP contribution in [0, 0.1) is 0 Å². The molecule has 2 nitrogen and oxygen atoms in total. The predicted molar refractivity (Wildman–Crippen MR) is 69.7 cm³/mol. The van der Waals surface area contributed by atoms with E-state index in [4.69, 9.17) is 4.74 Å². The van der Waals surface area contributed by atoms with E-state index in [-0.39, 0.29) is 11.2 Å². The molecule has 0 aliphatic carbocycles. The Kier molecular flexibility index (Phi) is 7.06. The zero-order valence-electron chi connectivity index (χ0n) is 9.60. The quantitative estimate of drug-likeness (QED) is 0.399. The molecule has 1 aliphatic rings. The number of thiol groups is 1. The molecule has 0 aromatic carbocycles. The molecule has 0 N–H and O–H groups in total. The molecule has 90 valence electrons. The van der Waals surface area contributed by atoms with Gasteiger partial charge in [0.05, 0.1) is 0 Å². The number of hydrogen-bond donors (Lipinski definition) is 1. The third-order valence-electron chi connectivity index (χ3n) is 2.43. The molecule has 0 fully saturated rings. The van der Waals surface area contributed by atoms with Crippen molar-refractivity contribution < 1.29 is 9.53 Å². The summed E-state index contributed by atoms with van der Waals surface area (Å²) < 4.78 is 5.12. The maximum Gasteiger partial charge on any atom is 0.306 e. The first-order valence-corrected chi connectivity index (χ1v) is 6.44. The van der Waals surface area contributed by atoms with Gasteiger partial charge in [0.1, 0.15) is 6.61 Å². The lowest BCUT2D eigenvalue weighted by atomic mass is 10.2. The van der Waals surface area contributed by atoms with Gasteiger partial charge in [-0.2, -0.15) is 12.6 Å². The van der Waals surface area contributed by atoms with Gasteiger partial charge in [-0.15, -0.1) is 0 Å². The van der Waals surface area contributed by atoms with E-state index >= 15 is 0 Å². The molecular formula is C13H20O2S. The molecule has 16 heavy (non-hydrogen) atoms. The second-order valence-electron chi connectivity index (χ2n) is 3.98. The summed E-state index contributed by atoms with van der Waals surface area (Å²) in [5, 5.41) is 0.124. The van der Waals surface area contributed by atoms with Crippen LogP contribution in [-0.2, 0) is 9.53 Å². The average Bonchev–Trinajstić information content (AvgIpc) is 2.28. The molecule has 0 spiro atoms. The van der Waals surface area contributed by atoms with Crippen molar-refractivity contribution in [3.63, 3.8) is 0 Å². The average molecular weight is 240 g/mol. The Balaban J connectivity index is 2.38. The molecule has 3 heteroatoms. The third-order valence-corrected chi connectivity index (χ3v) is 2.79. The number of rotatable bonds is 0. The topological polar surface area (TPSA) is 26.3 Å². The number of carbonyl (C=O) groups is 1. The van der Waals surface area contributed by atoms with Gasteiger partial charge in [-0.3, -0.25) is 4.79 Å². The highest BCUT2D eigenvalue weighted by atomic mass is 32.1. The van der Waals surface area contributed by atoms with E-state index < -0.39 is 0 Å². The molecule has 0 amide bonds. The van der Waals surface area contributed by atoms with E-state index in [1.165, 1.54) is 6.42 Å². The summed E-state index contributed by atoms with van der Waals surface area (Å²) in [4.78, 5) is 11.3. The standard InChI is InChI=1S/C13H20O2S/c14-13-10-8-6-4-2-1-3-5-7-9-12(16)11-15-13/h4-7,12,16H,1-3,8-11H2. The first-order chi connectivity index (χ1) is 7.79. The van der Waals surface area contributed by atoms with Gasteiger partial charge in [-0.05, 0) is 32.1 Å². The van der Waals surface area contributed by atoms with E-state index in [0.29, 0.717) is 13.0 Å². The molecule has 0 aromatic rings. The Morgan fingerprint density at radius 1 is 1.12 bits per heavy atom. The molecule has 0 aromatic heterocycles. The molecule has 1 atom stereocenters. The van der Waals surface area contributed by atoms with Crippen molar-refractivity contribution in [2.24, 2.45) is 0 Å². The maximum atomic E-state index is 11.3. The molecule has 0 bridgehead atoms. The van der Waals surface area contributed by atoms with Crippen LogP contribution < -0.4 is 0 Å². The lowest BCUT2D eigenvalue weighted by Gasteiger charge is -2.09. The molecule has 1 unspecified atom stereocenters. The van der Waals surface area contributed by atoms with Crippen molar-refractivity contribution in [2.45, 2.75) is 43.8 Å². The Morgan fingerprint density at radius 3 is 2.62 bits per heavy atom. The fourth-order valence-electron chi connectivity index (χ4n) is 1.49. The number of cyclic esters (lactones) is 1. The van der Waals surface area contributed by atoms with Crippen LogP contribution in [0.2, 0.25) is 0 Å². The Bertz CT molecular complexity index is 259. The minimum atomic E-state index is -0.121. The highest BCUT2D eigenvalue weighted by Gasteiger charge is 2.06. The lowest BCUT2D eigenvalue weighted by molar-refractivity contribution is -0.143. The van der Waals surface area contributed by atoms with Crippen molar-refractivity contribution >= 4 is 18.6 Å². The van der Waals surface area contributed by atoms with Crippen molar-refractivity contribution in [2.75, 3.05) is 6.61 Å². The number of hydrogen-bond acceptors (Lipinski definition) is 3. The van der Waals surface area contributed by atoms with Crippen molar-refractivity contribution in [3.05, 3.63) is 24.3 Å². The molecule has 0 saturated carbocycles. The van der Waals surface area contributed by atoms with Crippen LogP contribution in [0.3, 0.4) is 0 Å². The van der Waals surface area contributed by atoms with Gasteiger partial charge in [0.25, 0.3) is 0 Å². The van der Waals surface area contributed by atoms with Gasteiger partial charge >= 0.3 is 5.97 Å². The monoisotopic (exact) mass is 240 g/mol. The van der Waals surface area contributed by atoms with E-state index in [1.54, 1.807) is 0 Å². The van der Waals surface area contributed by atoms with Crippen molar-refractivity contribution in [1.82, 2.24) is 0 Å². The summed E-state index contributed by atoms with van der Waals surface area (Å²) >= 11 is 4.37. The predicted octanol–water partition coefficient (Wildman–Crippen LogP) is 3.29. The minimum absolute atomic E-state index is 0.121. The molecule has 1 heterocycles. The molecule has 1 rings (SSSR count). The van der Waals surface area contributed by atoms with Gasteiger partial charge in [-0.1, -0.05) is 24.3 Å². The second kappa shape index (κ2) is 8.45. The largest absolute Gasteiger partial charge is 0.464 e. The van der Waals surface area contributed by atoms with E-state index in [1.807, 2.05) is 0 Å². The van der Waals surface area contributed by atoms with Gasteiger partial charge in [0.2, 0.25) is 0 Å². The first-order valence-electron chi connectivity index (χ1n) is 5.92. The molecule has 0 radical (unpaired) electrons. The highest BCUT2D eigenvalue weighted by Crippen LogP contribution is 2.07. The molecular weight excluding hydrogens is 220 g/mol. The first kappa shape index (κ1) is 13.4. The van der Waals surface area contributed by atoms with Gasteiger partial charge < -0.3 is 4.74 Å². The van der Waals surface area contributed by atoms with Crippen LogP contribution in [-0.4, -0.2) is 17.8 Å². The van der Waals surface area contributed by atoms with Crippen LogP contribution in [0.15, 0.2) is 24.3 Å². The lowest BCUT2D eigenvalue weighted by Crippen LogP contribution is -2.13.